The van der Waals surface area contributed by atoms with E-state index in [1.165, 1.54) is 26.8 Å². The zero-order valence-electron chi connectivity index (χ0n) is 36.7. The van der Waals surface area contributed by atoms with Crippen LogP contribution in [0.4, 0.5) is 11.5 Å². The molecule has 1 aliphatic rings. The molecular weight excluding hydrogens is 821 g/mol. The largest absolute Gasteiger partial charge is 0.382 e. The van der Waals surface area contributed by atoms with Crippen LogP contribution in [0.2, 0.25) is 0 Å². The molecule has 14 rings (SSSR count). The van der Waals surface area contributed by atoms with Crippen LogP contribution in [0.25, 0.3) is 117 Å². The van der Waals surface area contributed by atoms with E-state index in [2.05, 4.69) is 223 Å². The molecule has 0 aliphatic heterocycles. The minimum absolute atomic E-state index is 0.623. The fraction of sp³-hybridized carbons (Fsp3) is 0.0508. The van der Waals surface area contributed by atoms with Crippen molar-refractivity contribution in [1.82, 2.24) is 28.3 Å². The topological polar surface area (TPSA) is 69.6 Å². The summed E-state index contributed by atoms with van der Waals surface area (Å²) in [5, 5.41) is 14.3. The highest BCUT2D eigenvalue weighted by atomic mass is 15.4. The molecule has 318 valence electrons. The quantitative estimate of drug-likeness (QED) is 0.167. The van der Waals surface area contributed by atoms with Crippen molar-refractivity contribution in [1.29, 1.82) is 0 Å². The SMILES string of the molecule is CNc1c(Nn2c3ccccc3c3ccc4c(c5ccccc5n4-c4ccccc4)c32)nc(-c2ccccc2)nc1-n1c2c(c3ccc4c(c5ccccc5n4-c4ccccc4)c31)=CCCC=2. The van der Waals surface area contributed by atoms with Gasteiger partial charge in [-0.3, -0.25) is 14.7 Å². The third kappa shape index (κ3) is 5.41. The van der Waals surface area contributed by atoms with Crippen LogP contribution in [0.3, 0.4) is 0 Å². The summed E-state index contributed by atoms with van der Waals surface area (Å²) in [5.41, 5.74) is 15.8. The van der Waals surface area contributed by atoms with Gasteiger partial charge in [0.05, 0.1) is 44.0 Å². The van der Waals surface area contributed by atoms with Crippen molar-refractivity contribution in [3.8, 4) is 28.6 Å². The second-order valence-electron chi connectivity index (χ2n) is 17.4. The molecular formula is C59H42N8. The third-order valence-electron chi connectivity index (χ3n) is 13.8. The Morgan fingerprint density at radius 3 is 1.61 bits per heavy atom. The van der Waals surface area contributed by atoms with Crippen LogP contribution in [-0.2, 0) is 0 Å². The van der Waals surface area contributed by atoms with Crippen LogP contribution >= 0.6 is 0 Å². The molecule has 8 nitrogen and oxygen atoms in total. The van der Waals surface area contributed by atoms with Crippen molar-refractivity contribution in [2.24, 2.45) is 0 Å². The number of hydrogen-bond acceptors (Lipinski definition) is 4. The molecule has 0 amide bonds. The van der Waals surface area contributed by atoms with Gasteiger partial charge in [-0.05, 0) is 73.5 Å². The Kier molecular flexibility index (Phi) is 8.15. The van der Waals surface area contributed by atoms with E-state index in [1.807, 2.05) is 13.1 Å². The van der Waals surface area contributed by atoms with Gasteiger partial charge < -0.3 is 14.5 Å². The number of aromatic nitrogens is 6. The maximum absolute atomic E-state index is 5.60. The summed E-state index contributed by atoms with van der Waals surface area (Å²) in [5.74, 6) is 2.05. The van der Waals surface area contributed by atoms with E-state index in [0.717, 1.165) is 101 Å². The highest BCUT2D eigenvalue weighted by Gasteiger charge is 2.26. The monoisotopic (exact) mass is 862 g/mol. The number of nitrogens with zero attached hydrogens (tertiary/aromatic N) is 6. The molecule has 1 aliphatic carbocycles. The van der Waals surface area contributed by atoms with Gasteiger partial charge in [-0.1, -0.05) is 140 Å². The van der Waals surface area contributed by atoms with E-state index >= 15 is 0 Å². The van der Waals surface area contributed by atoms with E-state index in [-0.39, 0.29) is 0 Å². The van der Waals surface area contributed by atoms with E-state index in [9.17, 15) is 0 Å². The average molecular weight is 863 g/mol. The van der Waals surface area contributed by atoms with Crippen LogP contribution in [0, 0.1) is 0 Å². The molecule has 0 bridgehead atoms. The number of anilines is 2. The number of hydrogen-bond donors (Lipinski definition) is 2. The molecule has 5 aromatic heterocycles. The molecule has 67 heavy (non-hydrogen) atoms. The molecule has 0 atom stereocenters. The van der Waals surface area contributed by atoms with Gasteiger partial charge in [0.15, 0.2) is 17.5 Å². The minimum atomic E-state index is 0.623. The van der Waals surface area contributed by atoms with Gasteiger partial charge in [0.25, 0.3) is 0 Å². The predicted octanol–water partition coefficient (Wildman–Crippen LogP) is 12.7. The van der Waals surface area contributed by atoms with E-state index < -0.39 is 0 Å². The molecule has 0 spiro atoms. The van der Waals surface area contributed by atoms with Crippen molar-refractivity contribution in [3.63, 3.8) is 0 Å². The number of rotatable bonds is 7. The lowest BCUT2D eigenvalue weighted by atomic mass is 10.1. The van der Waals surface area contributed by atoms with Gasteiger partial charge in [-0.25, -0.2) is 9.97 Å². The first-order valence-electron chi connectivity index (χ1n) is 23.0. The summed E-state index contributed by atoms with van der Waals surface area (Å²) >= 11 is 0. The summed E-state index contributed by atoms with van der Waals surface area (Å²) in [4.78, 5) is 11.1. The fourth-order valence-corrected chi connectivity index (χ4v) is 11.0. The van der Waals surface area contributed by atoms with Gasteiger partial charge in [0.2, 0.25) is 0 Å². The van der Waals surface area contributed by atoms with E-state index in [1.54, 1.807) is 0 Å². The number of benzene rings is 8. The van der Waals surface area contributed by atoms with Gasteiger partial charge in [0, 0.05) is 66.9 Å². The molecule has 13 aromatic rings. The zero-order chi connectivity index (χ0) is 44.2. The Bertz CT molecular complexity index is 4270. The second-order valence-corrected chi connectivity index (χ2v) is 17.4. The average Bonchev–Trinajstić information content (AvgIpc) is 4.12. The third-order valence-corrected chi connectivity index (χ3v) is 13.8. The van der Waals surface area contributed by atoms with Crippen molar-refractivity contribution in [3.05, 3.63) is 199 Å². The van der Waals surface area contributed by atoms with E-state index in [4.69, 9.17) is 9.97 Å². The van der Waals surface area contributed by atoms with Crippen molar-refractivity contribution in [2.75, 3.05) is 17.8 Å². The van der Waals surface area contributed by atoms with Crippen LogP contribution in [0.1, 0.15) is 12.8 Å². The highest BCUT2D eigenvalue weighted by Crippen LogP contribution is 2.43. The zero-order valence-corrected chi connectivity index (χ0v) is 36.7. The van der Waals surface area contributed by atoms with Crippen LogP contribution in [-0.4, -0.2) is 35.4 Å². The molecule has 8 aromatic carbocycles. The second kappa shape index (κ2) is 14.6. The van der Waals surface area contributed by atoms with Crippen LogP contribution in [0.15, 0.2) is 188 Å². The van der Waals surface area contributed by atoms with Crippen molar-refractivity contribution < 1.29 is 0 Å². The summed E-state index contributed by atoms with van der Waals surface area (Å²) < 4.78 is 9.44. The molecule has 0 saturated carbocycles. The summed E-state index contributed by atoms with van der Waals surface area (Å²) in [6.07, 6.45) is 6.70. The van der Waals surface area contributed by atoms with Gasteiger partial charge in [0.1, 0.15) is 5.69 Å². The van der Waals surface area contributed by atoms with Gasteiger partial charge >= 0.3 is 0 Å². The molecule has 5 heterocycles. The maximum atomic E-state index is 5.60. The normalized spacial score (nSPS) is 12.7. The van der Waals surface area contributed by atoms with Crippen LogP contribution < -0.4 is 21.3 Å². The lowest BCUT2D eigenvalue weighted by molar-refractivity contribution is 0.956. The smallest absolute Gasteiger partial charge is 0.174 e. The fourth-order valence-electron chi connectivity index (χ4n) is 11.0. The Hall–Kier alpha value is -8.88. The van der Waals surface area contributed by atoms with Gasteiger partial charge in [-0.15, -0.1) is 0 Å². The molecule has 8 heteroatoms. The Balaban J connectivity index is 1.10. The molecule has 0 unspecified atom stereocenters. The molecule has 0 radical (unpaired) electrons. The number of fused-ring (bicyclic) bond motifs is 14. The Labute approximate surface area is 384 Å². The predicted molar refractivity (Wildman–Crippen MR) is 278 cm³/mol. The maximum Gasteiger partial charge on any atom is 0.174 e. The first-order valence-corrected chi connectivity index (χ1v) is 23.0. The first kappa shape index (κ1) is 37.5. The summed E-state index contributed by atoms with van der Waals surface area (Å²) in [6.45, 7) is 0. The first-order chi connectivity index (χ1) is 33.2. The van der Waals surface area contributed by atoms with Crippen molar-refractivity contribution >= 4 is 100.0 Å². The van der Waals surface area contributed by atoms with Gasteiger partial charge in [-0.2, -0.15) is 0 Å². The molecule has 0 fully saturated rings. The lowest BCUT2D eigenvalue weighted by Gasteiger charge is -2.20. The number of nitrogens with one attached hydrogen (secondary N) is 2. The Morgan fingerprint density at radius 2 is 0.970 bits per heavy atom. The molecule has 2 N–H and O–H groups in total. The lowest BCUT2D eigenvalue weighted by Crippen LogP contribution is -2.31. The Morgan fingerprint density at radius 1 is 0.433 bits per heavy atom. The standard InChI is InChI=1S/C59H42N8/c1-60-54-58(63-67-49-32-18-12-26-41(49)43-34-36-51-53(56(43)67)45-28-14-17-31-48(45)65(51)39-23-9-4-10-24-39)61-57(37-19-5-2-6-20-37)62-59(54)66-46-29-15-11-25-40(46)42-33-35-50-52(55(42)66)44-27-13-16-30-47(44)64(50)38-21-7-3-8-22-38/h2-10,12-14,16-36,60H,11,15H2,1H3,(H,61,62,63). The van der Waals surface area contributed by atoms with Crippen LogP contribution in [0.5, 0.6) is 0 Å². The number of para-hydroxylation sites is 5. The van der Waals surface area contributed by atoms with Crippen molar-refractivity contribution in [2.45, 2.75) is 12.8 Å². The highest BCUT2D eigenvalue weighted by molar-refractivity contribution is 6.26. The summed E-state index contributed by atoms with van der Waals surface area (Å²) in [7, 11) is 1.98. The summed E-state index contributed by atoms with van der Waals surface area (Å²) in [6, 6.07) is 67.1. The van der Waals surface area contributed by atoms with E-state index in [0.29, 0.717) is 11.6 Å². The minimum Gasteiger partial charge on any atom is -0.382 e. The molecule has 0 saturated heterocycles.